The van der Waals surface area contributed by atoms with Crippen molar-refractivity contribution in [2.24, 2.45) is 7.05 Å². The van der Waals surface area contributed by atoms with Gasteiger partial charge in [0.2, 0.25) is 0 Å². The Morgan fingerprint density at radius 1 is 1.12 bits per heavy atom. The van der Waals surface area contributed by atoms with E-state index in [4.69, 9.17) is 21.6 Å². The first-order chi connectivity index (χ1) is 25.2. The third-order valence-corrected chi connectivity index (χ3v) is 10.6. The SMILES string of the molecule is [2H]C1([2H])[C@@H]2CC[C@@H](N2c2nc(OC[C@@]34CCCN3C[C@H](F)C4)nc3c(F)c(-c4cc(O)cc5ccc(F)c(C#C)c45)c4nn(C)cc4c23)C([2H])([2H])N1C. The highest BCUT2D eigenvalue weighted by Crippen LogP contribution is 2.47. The fourth-order valence-corrected chi connectivity index (χ4v) is 8.67. The Hall–Kier alpha value is -4.60. The maximum atomic E-state index is 17.7. The van der Waals surface area contributed by atoms with Gasteiger partial charge in [0.15, 0.2) is 5.82 Å². The van der Waals surface area contributed by atoms with Gasteiger partial charge >= 0.3 is 6.01 Å². The number of phenolic OH excluding ortho intramolecular Hbond substituents is 1. The lowest BCUT2D eigenvalue weighted by atomic mass is 9.91. The van der Waals surface area contributed by atoms with Crippen LogP contribution in [-0.2, 0) is 7.05 Å². The number of rotatable bonds is 5. The highest BCUT2D eigenvalue weighted by atomic mass is 19.1. The number of fused-ring (bicyclic) bond motifs is 7. The summed E-state index contributed by atoms with van der Waals surface area (Å²) < 4.78 is 91.6. The second-order valence-corrected chi connectivity index (χ2v) is 13.7. The van der Waals surface area contributed by atoms with Gasteiger partial charge in [-0.1, -0.05) is 12.0 Å². The number of aromatic nitrogens is 4. The molecule has 0 radical (unpaired) electrons. The van der Waals surface area contributed by atoms with Crippen molar-refractivity contribution in [2.45, 2.75) is 55.9 Å². The van der Waals surface area contributed by atoms with Gasteiger partial charge in [0, 0.05) is 73.1 Å². The van der Waals surface area contributed by atoms with Gasteiger partial charge in [-0.15, -0.1) is 6.42 Å². The summed E-state index contributed by atoms with van der Waals surface area (Å²) in [4.78, 5) is 14.2. The van der Waals surface area contributed by atoms with E-state index in [1.165, 1.54) is 36.0 Å². The zero-order chi connectivity index (χ0) is 37.4. The first kappa shape index (κ1) is 26.3. The summed E-state index contributed by atoms with van der Waals surface area (Å²) in [6, 6.07) is 3.34. The Morgan fingerprint density at radius 3 is 2.69 bits per heavy atom. The summed E-state index contributed by atoms with van der Waals surface area (Å²) in [6.45, 7) is -3.27. The quantitative estimate of drug-likeness (QED) is 0.244. The normalized spacial score (nSPS) is 28.8. The Labute approximate surface area is 286 Å². The number of aryl methyl sites for hydroxylation is 1. The molecule has 0 saturated carbocycles. The second-order valence-electron chi connectivity index (χ2n) is 13.7. The molecule has 0 amide bonds. The van der Waals surface area contributed by atoms with E-state index in [-0.39, 0.29) is 75.6 Å². The minimum absolute atomic E-state index is 0.0290. The third-order valence-electron chi connectivity index (χ3n) is 10.6. The zero-order valence-corrected chi connectivity index (χ0v) is 27.0. The molecule has 4 fully saturated rings. The number of likely N-dealkylation sites (tertiary alicyclic amines) is 1. The number of ether oxygens (including phenoxy) is 1. The number of aromatic hydroxyl groups is 1. The molecule has 49 heavy (non-hydrogen) atoms. The van der Waals surface area contributed by atoms with Gasteiger partial charge in [0.25, 0.3) is 0 Å². The monoisotopic (exact) mass is 671 g/mol. The second kappa shape index (κ2) is 11.0. The average molecular weight is 672 g/mol. The van der Waals surface area contributed by atoms with Crippen LogP contribution in [0.25, 0.3) is 43.7 Å². The lowest BCUT2D eigenvalue weighted by molar-refractivity contribution is 0.107. The van der Waals surface area contributed by atoms with Gasteiger partial charge in [-0.3, -0.25) is 9.58 Å². The molecule has 5 aromatic rings. The molecule has 2 aromatic heterocycles. The smallest absolute Gasteiger partial charge is 0.319 e. The lowest BCUT2D eigenvalue weighted by Gasteiger charge is -2.40. The van der Waals surface area contributed by atoms with E-state index in [2.05, 4.69) is 20.9 Å². The van der Waals surface area contributed by atoms with Crippen LogP contribution in [0.2, 0.25) is 0 Å². The number of piperazine rings is 1. The van der Waals surface area contributed by atoms with Crippen LogP contribution in [0.5, 0.6) is 11.8 Å². The third kappa shape index (κ3) is 4.58. The zero-order valence-electron chi connectivity index (χ0n) is 31.0. The standard InChI is InChI=1S/C37H36F3N7O2/c1-4-25-28(39)9-6-20-12-24(48)13-26(29(20)25)30-32(40)34-31(27-18-45(3)43-33(27)30)35(47-22-7-8-23(47)17-44(2)16-22)42-36(41-34)49-19-37-10-5-11-46(37)15-21(38)14-37/h1,6,9,12-13,18,21-23,48H,5,7-8,10-11,14-17,19H2,2-3H3/t21-,22-,23+,37+/m1/s1/i16D2,17D2. The Balaban J connectivity index is 1.34. The molecule has 4 aliphatic rings. The van der Waals surface area contributed by atoms with Crippen molar-refractivity contribution in [3.63, 3.8) is 0 Å². The number of anilines is 1. The molecular weight excluding hydrogens is 631 g/mol. The molecule has 2 bridgehead atoms. The van der Waals surface area contributed by atoms with E-state index in [0.717, 1.165) is 17.9 Å². The van der Waals surface area contributed by atoms with Gasteiger partial charge < -0.3 is 19.6 Å². The van der Waals surface area contributed by atoms with E-state index in [1.54, 1.807) is 18.1 Å². The van der Waals surface area contributed by atoms with Gasteiger partial charge in [-0.25, -0.2) is 13.2 Å². The van der Waals surface area contributed by atoms with Crippen molar-refractivity contribution < 1.29 is 28.5 Å². The van der Waals surface area contributed by atoms with Crippen molar-refractivity contribution in [3.05, 3.63) is 47.7 Å². The van der Waals surface area contributed by atoms with Crippen LogP contribution in [0.15, 0.2) is 30.5 Å². The average Bonchev–Trinajstić information content (AvgIpc) is 3.88. The van der Waals surface area contributed by atoms with Gasteiger partial charge in [-0.05, 0) is 68.4 Å². The summed E-state index contributed by atoms with van der Waals surface area (Å²) in [5, 5.41) is 16.5. The molecule has 0 unspecified atom stereocenters. The van der Waals surface area contributed by atoms with Crippen LogP contribution >= 0.6 is 0 Å². The summed E-state index contributed by atoms with van der Waals surface area (Å²) >= 11 is 0. The molecule has 3 aromatic carbocycles. The van der Waals surface area contributed by atoms with Crippen LogP contribution in [0.1, 0.15) is 43.2 Å². The number of alkyl halides is 1. The van der Waals surface area contributed by atoms with E-state index >= 15 is 8.78 Å². The maximum absolute atomic E-state index is 17.7. The molecule has 9 rings (SSSR count). The predicted octanol–water partition coefficient (Wildman–Crippen LogP) is 5.54. The van der Waals surface area contributed by atoms with Crippen molar-refractivity contribution >= 4 is 38.4 Å². The number of hydrogen-bond acceptors (Lipinski definition) is 8. The molecule has 4 saturated heterocycles. The fraction of sp³-hybridized carbons (Fsp3) is 0.432. The topological polar surface area (TPSA) is 82.8 Å². The van der Waals surface area contributed by atoms with Crippen LogP contribution in [0.3, 0.4) is 0 Å². The molecule has 0 spiro atoms. The number of terminal acetylenes is 1. The van der Waals surface area contributed by atoms with Crippen molar-refractivity contribution in [1.29, 1.82) is 0 Å². The molecule has 4 aliphatic heterocycles. The summed E-state index contributed by atoms with van der Waals surface area (Å²) in [6.07, 6.45) is 8.83. The van der Waals surface area contributed by atoms with E-state index in [9.17, 15) is 9.50 Å². The van der Waals surface area contributed by atoms with Crippen molar-refractivity contribution in [2.75, 3.05) is 44.6 Å². The summed E-state index contributed by atoms with van der Waals surface area (Å²) in [5.74, 6) is 0.619. The lowest BCUT2D eigenvalue weighted by Crippen LogP contribution is -2.53. The Kier molecular flexibility index (Phi) is 5.88. The number of likely N-dealkylation sites (N-methyl/N-ethyl adjacent to an activating group) is 1. The first-order valence-electron chi connectivity index (χ1n) is 18.5. The fourth-order valence-electron chi connectivity index (χ4n) is 8.67. The minimum atomic E-state index is -2.15. The molecule has 6 heterocycles. The van der Waals surface area contributed by atoms with Crippen LogP contribution in [-0.4, -0.2) is 98.2 Å². The highest BCUT2D eigenvalue weighted by Gasteiger charge is 2.49. The van der Waals surface area contributed by atoms with Crippen LogP contribution in [0, 0.1) is 24.0 Å². The largest absolute Gasteiger partial charge is 0.508 e. The molecule has 252 valence electrons. The predicted molar refractivity (Wildman–Crippen MR) is 182 cm³/mol. The summed E-state index contributed by atoms with van der Waals surface area (Å²) in [7, 11) is 3.06. The molecule has 9 nitrogen and oxygen atoms in total. The number of phenols is 1. The molecular formula is C37H36F3N7O2. The van der Waals surface area contributed by atoms with Crippen LogP contribution < -0.4 is 9.64 Å². The number of halogens is 3. The maximum Gasteiger partial charge on any atom is 0.319 e. The first-order valence-corrected chi connectivity index (χ1v) is 16.5. The van der Waals surface area contributed by atoms with Crippen molar-refractivity contribution in [1.82, 2.24) is 29.5 Å². The molecule has 1 N–H and O–H groups in total. The number of nitrogens with zero attached hydrogens (tertiary/aromatic N) is 7. The number of hydrogen-bond donors (Lipinski definition) is 1. The molecule has 0 aliphatic carbocycles. The Bertz CT molecular complexity index is 2400. The van der Waals surface area contributed by atoms with E-state index < -0.39 is 48.4 Å². The van der Waals surface area contributed by atoms with Gasteiger partial charge in [0.05, 0.1) is 16.5 Å². The van der Waals surface area contributed by atoms with Crippen molar-refractivity contribution in [3.8, 4) is 35.2 Å². The van der Waals surface area contributed by atoms with E-state index in [0.29, 0.717) is 30.0 Å². The molecule has 12 heteroatoms. The number of benzene rings is 3. The molecule has 4 atom stereocenters. The van der Waals surface area contributed by atoms with E-state index in [1.807, 2.05) is 0 Å². The summed E-state index contributed by atoms with van der Waals surface area (Å²) in [5.41, 5.74) is -0.877. The van der Waals surface area contributed by atoms with Gasteiger partial charge in [-0.2, -0.15) is 15.1 Å². The van der Waals surface area contributed by atoms with Gasteiger partial charge in [0.1, 0.15) is 41.2 Å². The highest BCUT2D eigenvalue weighted by molar-refractivity contribution is 6.18. The minimum Gasteiger partial charge on any atom is -0.508 e. The van der Waals surface area contributed by atoms with Crippen LogP contribution in [0.4, 0.5) is 19.0 Å². The Morgan fingerprint density at radius 2 is 1.92 bits per heavy atom.